The number of ether oxygens (including phenoxy) is 5. The van der Waals surface area contributed by atoms with E-state index in [4.69, 9.17) is 14.2 Å². The minimum atomic E-state index is -2.21. The SMILES string of the molecule is CCCCOC(=O)CC(CC(=O)OCCCC)(OC(=O)OC)C(=O)OC. The van der Waals surface area contributed by atoms with Crippen molar-refractivity contribution < 1.29 is 42.9 Å². The molecule has 0 atom stereocenters. The van der Waals surface area contributed by atoms with Crippen molar-refractivity contribution in [3.05, 3.63) is 0 Å². The minimum Gasteiger partial charge on any atom is -0.466 e. The predicted molar refractivity (Wildman–Crippen MR) is 89.2 cm³/mol. The van der Waals surface area contributed by atoms with Gasteiger partial charge in [0.05, 0.1) is 40.3 Å². The minimum absolute atomic E-state index is 0.145. The molecular weight excluding hydrogens is 348 g/mol. The van der Waals surface area contributed by atoms with Gasteiger partial charge >= 0.3 is 24.1 Å². The quantitative estimate of drug-likeness (QED) is 0.287. The van der Waals surface area contributed by atoms with Crippen LogP contribution in [0.4, 0.5) is 4.79 Å². The number of carbonyl (C=O) groups excluding carboxylic acids is 4. The lowest BCUT2D eigenvalue weighted by atomic mass is 9.95. The van der Waals surface area contributed by atoms with Crippen molar-refractivity contribution in [1.82, 2.24) is 0 Å². The molecular formula is C17H28O9. The lowest BCUT2D eigenvalue weighted by Gasteiger charge is -2.28. The van der Waals surface area contributed by atoms with Crippen LogP contribution in [0, 0.1) is 0 Å². The number of hydrogen-bond donors (Lipinski definition) is 0. The van der Waals surface area contributed by atoms with Gasteiger partial charge in [-0.15, -0.1) is 0 Å². The van der Waals surface area contributed by atoms with E-state index in [2.05, 4.69) is 9.47 Å². The molecule has 0 aliphatic rings. The molecule has 0 spiro atoms. The molecule has 0 aliphatic carbocycles. The van der Waals surface area contributed by atoms with Crippen molar-refractivity contribution in [3.63, 3.8) is 0 Å². The van der Waals surface area contributed by atoms with E-state index >= 15 is 0 Å². The van der Waals surface area contributed by atoms with E-state index in [0.29, 0.717) is 12.8 Å². The van der Waals surface area contributed by atoms with Crippen LogP contribution in [-0.2, 0) is 38.1 Å². The summed E-state index contributed by atoms with van der Waals surface area (Å²) >= 11 is 0. The van der Waals surface area contributed by atoms with Crippen LogP contribution in [-0.4, -0.2) is 57.1 Å². The number of carbonyl (C=O) groups is 4. The fourth-order valence-electron chi connectivity index (χ4n) is 1.94. The first-order valence-electron chi connectivity index (χ1n) is 8.51. The molecule has 0 saturated carbocycles. The third kappa shape index (κ3) is 8.68. The van der Waals surface area contributed by atoms with Gasteiger partial charge in [-0.05, 0) is 12.8 Å². The average Bonchev–Trinajstić information content (AvgIpc) is 2.61. The van der Waals surface area contributed by atoms with Gasteiger partial charge in [0.25, 0.3) is 0 Å². The molecule has 9 nitrogen and oxygen atoms in total. The average molecular weight is 376 g/mol. The second-order valence-corrected chi connectivity index (χ2v) is 5.54. The maximum atomic E-state index is 12.2. The standard InChI is InChI=1S/C17H28O9/c1-5-7-9-24-13(18)11-17(15(20)22-3,26-16(21)23-4)12-14(19)25-10-8-6-2/h5-12H2,1-4H3. The monoisotopic (exact) mass is 376 g/mol. The molecule has 0 rings (SSSR count). The summed E-state index contributed by atoms with van der Waals surface area (Å²) < 4.78 is 24.0. The van der Waals surface area contributed by atoms with Crippen LogP contribution < -0.4 is 0 Å². The van der Waals surface area contributed by atoms with E-state index in [1.165, 1.54) is 0 Å². The Balaban J connectivity index is 5.33. The Kier molecular flexibility index (Phi) is 11.8. The second-order valence-electron chi connectivity index (χ2n) is 5.54. The van der Waals surface area contributed by atoms with Crippen molar-refractivity contribution in [3.8, 4) is 0 Å². The first-order valence-corrected chi connectivity index (χ1v) is 8.51. The zero-order chi connectivity index (χ0) is 20.0. The van der Waals surface area contributed by atoms with E-state index < -0.39 is 42.5 Å². The normalized spacial score (nSPS) is 10.6. The molecule has 9 heteroatoms. The van der Waals surface area contributed by atoms with E-state index in [1.807, 2.05) is 13.8 Å². The number of methoxy groups -OCH3 is 2. The Bertz CT molecular complexity index is 449. The molecule has 0 aromatic rings. The smallest absolute Gasteiger partial charge is 0.466 e. The molecule has 0 heterocycles. The lowest BCUT2D eigenvalue weighted by Crippen LogP contribution is -2.48. The molecule has 0 N–H and O–H groups in total. The maximum absolute atomic E-state index is 12.2. The molecule has 0 aromatic heterocycles. The Morgan fingerprint density at radius 2 is 1.23 bits per heavy atom. The molecule has 0 amide bonds. The van der Waals surface area contributed by atoms with E-state index in [1.54, 1.807) is 0 Å². The van der Waals surface area contributed by atoms with Gasteiger partial charge in [0.15, 0.2) is 0 Å². The number of hydrogen-bond acceptors (Lipinski definition) is 9. The summed E-state index contributed by atoms with van der Waals surface area (Å²) in [7, 11) is 2.08. The van der Waals surface area contributed by atoms with E-state index in [0.717, 1.165) is 27.1 Å². The van der Waals surface area contributed by atoms with Gasteiger partial charge in [-0.3, -0.25) is 9.59 Å². The van der Waals surface area contributed by atoms with Crippen LogP contribution in [0.3, 0.4) is 0 Å². The van der Waals surface area contributed by atoms with Gasteiger partial charge in [-0.1, -0.05) is 26.7 Å². The van der Waals surface area contributed by atoms with Crippen LogP contribution in [0.5, 0.6) is 0 Å². The van der Waals surface area contributed by atoms with Crippen molar-refractivity contribution in [2.75, 3.05) is 27.4 Å². The Morgan fingerprint density at radius 3 is 1.58 bits per heavy atom. The molecule has 0 unspecified atom stereocenters. The summed E-state index contributed by atoms with van der Waals surface area (Å²) in [6.07, 6.45) is 0.248. The third-order valence-electron chi connectivity index (χ3n) is 3.38. The largest absolute Gasteiger partial charge is 0.509 e. The fourth-order valence-corrected chi connectivity index (χ4v) is 1.94. The topological polar surface area (TPSA) is 114 Å². The second kappa shape index (κ2) is 13.0. The Hall–Kier alpha value is -2.32. The molecule has 150 valence electrons. The van der Waals surface area contributed by atoms with Crippen molar-refractivity contribution in [2.24, 2.45) is 0 Å². The van der Waals surface area contributed by atoms with Crippen LogP contribution in [0.25, 0.3) is 0 Å². The van der Waals surface area contributed by atoms with Crippen molar-refractivity contribution in [1.29, 1.82) is 0 Å². The first kappa shape index (κ1) is 23.7. The van der Waals surface area contributed by atoms with Gasteiger partial charge in [-0.25, -0.2) is 9.59 Å². The van der Waals surface area contributed by atoms with E-state index in [9.17, 15) is 19.2 Å². The zero-order valence-corrected chi connectivity index (χ0v) is 15.8. The molecule has 0 aromatic carbocycles. The molecule has 26 heavy (non-hydrogen) atoms. The molecule has 0 aliphatic heterocycles. The fraction of sp³-hybridized carbons (Fsp3) is 0.765. The van der Waals surface area contributed by atoms with Gasteiger partial charge in [0.2, 0.25) is 5.60 Å². The number of unbranched alkanes of at least 4 members (excludes halogenated alkanes) is 2. The third-order valence-corrected chi connectivity index (χ3v) is 3.38. The van der Waals surface area contributed by atoms with E-state index in [-0.39, 0.29) is 13.2 Å². The molecule has 0 saturated heterocycles. The van der Waals surface area contributed by atoms with Crippen molar-refractivity contribution in [2.45, 2.75) is 58.0 Å². The summed E-state index contributed by atoms with van der Waals surface area (Å²) in [4.78, 5) is 47.9. The summed E-state index contributed by atoms with van der Waals surface area (Å²) in [6, 6.07) is 0. The van der Waals surface area contributed by atoms with Gasteiger partial charge < -0.3 is 23.7 Å². The van der Waals surface area contributed by atoms with Crippen LogP contribution in [0.1, 0.15) is 52.4 Å². The van der Waals surface area contributed by atoms with Crippen LogP contribution >= 0.6 is 0 Å². The van der Waals surface area contributed by atoms with Crippen LogP contribution in [0.2, 0.25) is 0 Å². The summed E-state index contributed by atoms with van der Waals surface area (Å²) in [5.41, 5.74) is -2.21. The molecule has 0 radical (unpaired) electrons. The highest BCUT2D eigenvalue weighted by Gasteiger charge is 2.49. The van der Waals surface area contributed by atoms with Gasteiger partial charge in [-0.2, -0.15) is 0 Å². The highest BCUT2D eigenvalue weighted by atomic mass is 16.7. The highest BCUT2D eigenvalue weighted by molar-refractivity contribution is 5.91. The zero-order valence-electron chi connectivity index (χ0n) is 15.8. The number of rotatable bonds is 12. The molecule has 0 bridgehead atoms. The van der Waals surface area contributed by atoms with Gasteiger partial charge in [0.1, 0.15) is 0 Å². The summed E-state index contributed by atoms with van der Waals surface area (Å²) in [6.45, 7) is 4.12. The van der Waals surface area contributed by atoms with Crippen LogP contribution in [0.15, 0.2) is 0 Å². The lowest BCUT2D eigenvalue weighted by molar-refractivity contribution is -0.178. The maximum Gasteiger partial charge on any atom is 0.509 e. The predicted octanol–water partition coefficient (Wildman–Crippen LogP) is 2.15. The Morgan fingerprint density at radius 1 is 0.769 bits per heavy atom. The summed E-state index contributed by atoms with van der Waals surface area (Å²) in [5.74, 6) is -2.70. The first-order chi connectivity index (χ1) is 12.3. The van der Waals surface area contributed by atoms with Crippen molar-refractivity contribution >= 4 is 24.1 Å². The number of esters is 3. The summed E-state index contributed by atoms with van der Waals surface area (Å²) in [5, 5.41) is 0. The highest BCUT2D eigenvalue weighted by Crippen LogP contribution is 2.25. The Labute approximate surface area is 153 Å². The van der Waals surface area contributed by atoms with Gasteiger partial charge in [0, 0.05) is 0 Å². The molecule has 0 fully saturated rings.